The Labute approximate surface area is 151 Å². The van der Waals surface area contributed by atoms with E-state index in [-0.39, 0.29) is 15.8 Å². The number of rotatable bonds is 4. The highest BCUT2D eigenvalue weighted by Gasteiger charge is 2.40. The lowest BCUT2D eigenvalue weighted by molar-refractivity contribution is 0.0689. The molecule has 9 heteroatoms. The standard InChI is InChI=1S/C17H17F2N3O3S/c1-17(5-20)6-21(7-17)11-3-10-8(2-9(11)19)14(23)13(16(24)25)15-22(10)12(4-18)26-15/h2-3,12H,4-7,20H2,1H3,(H,24,25). The molecule has 3 N–H and O–H groups in total. The Morgan fingerprint density at radius 1 is 1.46 bits per heavy atom. The average Bonchev–Trinajstić information content (AvgIpc) is 2.54. The number of hydrogen-bond donors (Lipinski definition) is 2. The zero-order chi connectivity index (χ0) is 18.8. The maximum absolute atomic E-state index is 14.6. The van der Waals surface area contributed by atoms with Gasteiger partial charge in [-0.15, -0.1) is 0 Å². The van der Waals surface area contributed by atoms with E-state index in [0.717, 1.165) is 17.8 Å². The maximum Gasteiger partial charge on any atom is 0.342 e. The Morgan fingerprint density at radius 3 is 2.73 bits per heavy atom. The lowest BCUT2D eigenvalue weighted by Crippen LogP contribution is -2.58. The van der Waals surface area contributed by atoms with Gasteiger partial charge in [0.1, 0.15) is 23.4 Å². The van der Waals surface area contributed by atoms with Crippen molar-refractivity contribution in [2.24, 2.45) is 11.1 Å². The van der Waals surface area contributed by atoms with Crippen molar-refractivity contribution in [3.05, 3.63) is 33.7 Å². The van der Waals surface area contributed by atoms with Gasteiger partial charge >= 0.3 is 5.97 Å². The van der Waals surface area contributed by atoms with Crippen molar-refractivity contribution in [3.8, 4) is 0 Å². The number of nitrogens with two attached hydrogens (primary N) is 1. The number of carbonyl (C=O) groups is 1. The van der Waals surface area contributed by atoms with Crippen LogP contribution in [0.2, 0.25) is 0 Å². The van der Waals surface area contributed by atoms with Gasteiger partial charge in [-0.2, -0.15) is 0 Å². The lowest BCUT2D eigenvalue weighted by atomic mass is 9.81. The summed E-state index contributed by atoms with van der Waals surface area (Å²) in [6.45, 7) is 2.94. The first-order valence-corrected chi connectivity index (χ1v) is 9.00. The molecule has 6 nitrogen and oxygen atoms in total. The van der Waals surface area contributed by atoms with E-state index in [1.807, 2.05) is 11.8 Å². The molecule has 4 rings (SSSR count). The first kappa shape index (κ1) is 17.3. The van der Waals surface area contributed by atoms with Gasteiger partial charge in [-0.1, -0.05) is 18.7 Å². The second kappa shape index (κ2) is 5.68. The molecule has 0 bridgehead atoms. The van der Waals surface area contributed by atoms with Gasteiger partial charge in [0, 0.05) is 30.4 Å². The van der Waals surface area contributed by atoms with Crippen molar-refractivity contribution in [3.63, 3.8) is 0 Å². The van der Waals surface area contributed by atoms with Gasteiger partial charge in [0.25, 0.3) is 0 Å². The van der Waals surface area contributed by atoms with Crippen molar-refractivity contribution in [2.75, 3.05) is 31.2 Å². The molecule has 138 valence electrons. The molecule has 26 heavy (non-hydrogen) atoms. The molecule has 1 unspecified atom stereocenters. The SMILES string of the molecule is CC1(CN)CN(c2cc3c(cc2F)c(=O)c(C(=O)O)c2n3C(CF)S2)C1. The van der Waals surface area contributed by atoms with E-state index in [9.17, 15) is 23.5 Å². The lowest BCUT2D eigenvalue weighted by Gasteiger charge is -2.49. The number of aromatic nitrogens is 1. The number of carboxylic acid groups (broad SMARTS) is 1. The van der Waals surface area contributed by atoms with Gasteiger partial charge in [-0.05, 0) is 12.1 Å². The Morgan fingerprint density at radius 2 is 2.15 bits per heavy atom. The number of halogens is 2. The van der Waals surface area contributed by atoms with Crippen LogP contribution in [0.5, 0.6) is 0 Å². The Balaban J connectivity index is 1.91. The number of thioether (sulfide) groups is 1. The summed E-state index contributed by atoms with van der Waals surface area (Å²) in [5.74, 6) is -1.99. The summed E-state index contributed by atoms with van der Waals surface area (Å²) in [4.78, 5) is 25.8. The third-order valence-electron chi connectivity index (χ3n) is 5.09. The van der Waals surface area contributed by atoms with Gasteiger partial charge in [-0.3, -0.25) is 4.79 Å². The van der Waals surface area contributed by atoms with E-state index >= 15 is 0 Å². The molecule has 2 aliphatic rings. The monoisotopic (exact) mass is 381 g/mol. The van der Waals surface area contributed by atoms with Gasteiger partial charge in [0.15, 0.2) is 0 Å². The van der Waals surface area contributed by atoms with Gasteiger partial charge < -0.3 is 20.3 Å². The highest BCUT2D eigenvalue weighted by molar-refractivity contribution is 8.00. The zero-order valence-electron chi connectivity index (χ0n) is 14.0. The molecule has 2 aromatic rings. The van der Waals surface area contributed by atoms with Crippen LogP contribution in [0.1, 0.15) is 22.7 Å². The molecule has 2 aliphatic heterocycles. The van der Waals surface area contributed by atoms with E-state index in [0.29, 0.717) is 30.8 Å². The van der Waals surface area contributed by atoms with Crippen molar-refractivity contribution in [1.29, 1.82) is 0 Å². The quantitative estimate of drug-likeness (QED) is 0.844. The third kappa shape index (κ3) is 2.26. The number of pyridine rings is 1. The van der Waals surface area contributed by atoms with Crippen LogP contribution in [-0.4, -0.2) is 42.0 Å². The maximum atomic E-state index is 14.6. The summed E-state index contributed by atoms with van der Waals surface area (Å²) in [6.07, 6.45) is 0. The second-order valence-electron chi connectivity index (χ2n) is 7.10. The number of anilines is 1. The molecule has 1 fully saturated rings. The van der Waals surface area contributed by atoms with Crippen LogP contribution >= 0.6 is 11.8 Å². The summed E-state index contributed by atoms with van der Waals surface area (Å²) in [7, 11) is 0. The topological polar surface area (TPSA) is 88.6 Å². The predicted octanol–water partition coefficient (Wildman–Crippen LogP) is 2.20. The van der Waals surface area contributed by atoms with E-state index in [1.165, 1.54) is 10.6 Å². The van der Waals surface area contributed by atoms with Crippen molar-refractivity contribution < 1.29 is 18.7 Å². The fourth-order valence-electron chi connectivity index (χ4n) is 3.63. The molecule has 0 spiro atoms. The van der Waals surface area contributed by atoms with Gasteiger partial charge in [-0.25, -0.2) is 13.6 Å². The number of carboxylic acids is 1. The molecule has 1 saturated heterocycles. The van der Waals surface area contributed by atoms with Crippen LogP contribution in [0, 0.1) is 11.2 Å². The highest BCUT2D eigenvalue weighted by atomic mass is 32.2. The largest absolute Gasteiger partial charge is 0.477 e. The van der Waals surface area contributed by atoms with Crippen LogP contribution in [-0.2, 0) is 0 Å². The minimum absolute atomic E-state index is 0.0479. The van der Waals surface area contributed by atoms with Crippen LogP contribution in [0.4, 0.5) is 14.5 Å². The van der Waals surface area contributed by atoms with Crippen molar-refractivity contribution in [2.45, 2.75) is 17.3 Å². The minimum Gasteiger partial charge on any atom is -0.477 e. The molecule has 0 radical (unpaired) electrons. The molecule has 1 aromatic carbocycles. The molecule has 0 saturated carbocycles. The minimum atomic E-state index is -1.39. The number of fused-ring (bicyclic) bond motifs is 3. The third-order valence-corrected chi connectivity index (χ3v) is 6.32. The van der Waals surface area contributed by atoms with Crippen molar-refractivity contribution in [1.82, 2.24) is 4.57 Å². The molecule has 1 atom stereocenters. The molecular formula is C17H17F2N3O3S. The van der Waals surface area contributed by atoms with E-state index < -0.39 is 34.8 Å². The normalized spacial score (nSPS) is 20.5. The first-order chi connectivity index (χ1) is 12.3. The summed E-state index contributed by atoms with van der Waals surface area (Å²) < 4.78 is 29.4. The first-order valence-electron chi connectivity index (χ1n) is 8.12. The van der Waals surface area contributed by atoms with Crippen LogP contribution < -0.4 is 16.1 Å². The zero-order valence-corrected chi connectivity index (χ0v) is 14.8. The average molecular weight is 381 g/mol. The second-order valence-corrected chi connectivity index (χ2v) is 8.27. The number of nitrogens with zero attached hydrogens (tertiary/aromatic N) is 2. The van der Waals surface area contributed by atoms with Crippen LogP contribution in [0.25, 0.3) is 10.9 Å². The number of benzene rings is 1. The number of alkyl halides is 1. The Kier molecular flexibility index (Phi) is 3.78. The van der Waals surface area contributed by atoms with Crippen molar-refractivity contribution >= 4 is 34.3 Å². The van der Waals surface area contributed by atoms with Gasteiger partial charge in [0.05, 0.1) is 16.2 Å². The Hall–Kier alpha value is -2.13. The molecule has 0 amide bonds. The predicted molar refractivity (Wildman–Crippen MR) is 95.4 cm³/mol. The smallest absolute Gasteiger partial charge is 0.342 e. The van der Waals surface area contributed by atoms with Crippen LogP contribution in [0.3, 0.4) is 0 Å². The summed E-state index contributed by atoms with van der Waals surface area (Å²) >= 11 is 1.01. The van der Waals surface area contributed by atoms with Crippen LogP contribution in [0.15, 0.2) is 22.0 Å². The summed E-state index contributed by atoms with van der Waals surface area (Å²) in [5, 5.41) is 8.88. The molecule has 0 aliphatic carbocycles. The number of aromatic carboxylic acids is 1. The van der Waals surface area contributed by atoms with E-state index in [1.54, 1.807) is 0 Å². The fraction of sp³-hybridized carbons (Fsp3) is 0.412. The highest BCUT2D eigenvalue weighted by Crippen LogP contribution is 2.47. The molecule has 1 aromatic heterocycles. The molecule has 3 heterocycles. The fourth-order valence-corrected chi connectivity index (χ4v) is 4.76. The Bertz CT molecular complexity index is 1000. The number of hydrogen-bond acceptors (Lipinski definition) is 5. The van der Waals surface area contributed by atoms with Gasteiger partial charge in [0.2, 0.25) is 5.43 Å². The molecular weight excluding hydrogens is 364 g/mol. The van der Waals surface area contributed by atoms with E-state index in [2.05, 4.69) is 0 Å². The van der Waals surface area contributed by atoms with E-state index in [4.69, 9.17) is 5.73 Å². The summed E-state index contributed by atoms with van der Waals surface area (Å²) in [5.41, 5.74) is 5.13. The summed E-state index contributed by atoms with van der Waals surface area (Å²) in [6, 6.07) is 2.57.